The predicted molar refractivity (Wildman–Crippen MR) is 81.1 cm³/mol. The van der Waals surface area contributed by atoms with Gasteiger partial charge < -0.3 is 9.73 Å². The Hall–Kier alpha value is -2.30. The Kier molecular flexibility index (Phi) is 3.10. The van der Waals surface area contributed by atoms with E-state index in [0.717, 1.165) is 16.8 Å². The Bertz CT molecular complexity index is 706. The number of benzene rings is 1. The number of hydrogen-bond donors (Lipinski definition) is 1. The number of hydrogen-bond acceptors (Lipinski definition) is 4. The van der Waals surface area contributed by atoms with E-state index in [4.69, 9.17) is 4.42 Å². The largest absolute Gasteiger partial charge is 0.424 e. The summed E-state index contributed by atoms with van der Waals surface area (Å²) in [6.07, 6.45) is 7.22. The van der Waals surface area contributed by atoms with E-state index in [9.17, 15) is 0 Å². The second-order valence-electron chi connectivity index (χ2n) is 5.57. The molecule has 3 aromatic rings. The number of oxazole rings is 1. The van der Waals surface area contributed by atoms with Crippen LogP contribution in [0.25, 0.3) is 11.1 Å². The second kappa shape index (κ2) is 5.24. The Morgan fingerprint density at radius 1 is 1.19 bits per heavy atom. The van der Waals surface area contributed by atoms with Crippen LogP contribution in [0.3, 0.4) is 0 Å². The van der Waals surface area contributed by atoms with Gasteiger partial charge in [0.15, 0.2) is 5.58 Å². The number of nitrogens with one attached hydrogen (secondary N) is 1. The normalized spacial score (nSPS) is 15.8. The molecular weight excluding hydrogens is 264 g/mol. The van der Waals surface area contributed by atoms with Crippen LogP contribution < -0.4 is 5.32 Å². The van der Waals surface area contributed by atoms with E-state index >= 15 is 0 Å². The zero-order valence-electron chi connectivity index (χ0n) is 11.8. The van der Waals surface area contributed by atoms with Crippen LogP contribution >= 0.6 is 0 Å². The van der Waals surface area contributed by atoms with Gasteiger partial charge in [-0.3, -0.25) is 4.68 Å². The summed E-state index contributed by atoms with van der Waals surface area (Å²) in [5, 5.41) is 7.85. The first-order valence-corrected chi connectivity index (χ1v) is 7.52. The Balaban J connectivity index is 1.44. The quantitative estimate of drug-likeness (QED) is 0.791. The molecule has 1 N–H and O–H groups in total. The Labute approximate surface area is 123 Å². The summed E-state index contributed by atoms with van der Waals surface area (Å²) in [6, 6.07) is 11.0. The summed E-state index contributed by atoms with van der Waals surface area (Å²) in [5.74, 6) is 0. The van der Waals surface area contributed by atoms with Crippen molar-refractivity contribution >= 4 is 17.1 Å². The molecule has 4 rings (SSSR count). The molecule has 0 radical (unpaired) electrons. The average Bonchev–Trinajstić information content (AvgIpc) is 3.23. The maximum Gasteiger partial charge on any atom is 0.296 e. The molecule has 0 atom stereocenters. The van der Waals surface area contributed by atoms with E-state index < -0.39 is 0 Å². The van der Waals surface area contributed by atoms with Gasteiger partial charge in [0.1, 0.15) is 5.52 Å². The minimum Gasteiger partial charge on any atom is -0.424 e. The molecule has 0 aliphatic heterocycles. The van der Waals surface area contributed by atoms with Crippen molar-refractivity contribution in [2.45, 2.75) is 38.3 Å². The highest BCUT2D eigenvalue weighted by Gasteiger charge is 2.17. The van der Waals surface area contributed by atoms with E-state index in [0.29, 0.717) is 18.6 Å². The Morgan fingerprint density at radius 2 is 2.05 bits per heavy atom. The lowest BCUT2D eigenvalue weighted by molar-refractivity contribution is 0.463. The fourth-order valence-electron chi connectivity index (χ4n) is 2.96. The van der Waals surface area contributed by atoms with Crippen molar-refractivity contribution in [3.63, 3.8) is 0 Å². The molecule has 0 spiro atoms. The van der Waals surface area contributed by atoms with Crippen LogP contribution in [0, 0.1) is 0 Å². The third-order valence-electron chi connectivity index (χ3n) is 4.08. The average molecular weight is 282 g/mol. The molecule has 1 aliphatic carbocycles. The summed E-state index contributed by atoms with van der Waals surface area (Å²) in [6.45, 7) is 0.631. The molecule has 5 heteroatoms. The first kappa shape index (κ1) is 12.4. The zero-order valence-corrected chi connectivity index (χ0v) is 11.8. The Morgan fingerprint density at radius 3 is 2.90 bits per heavy atom. The summed E-state index contributed by atoms with van der Waals surface area (Å²) in [5.41, 5.74) is 2.69. The van der Waals surface area contributed by atoms with Gasteiger partial charge in [0.05, 0.1) is 18.3 Å². The van der Waals surface area contributed by atoms with Crippen LogP contribution in [0.2, 0.25) is 0 Å². The molecule has 1 aliphatic rings. The first-order chi connectivity index (χ1) is 10.4. The summed E-state index contributed by atoms with van der Waals surface area (Å²) >= 11 is 0. The zero-order chi connectivity index (χ0) is 14.1. The molecule has 1 saturated carbocycles. The third-order valence-corrected chi connectivity index (χ3v) is 4.08. The van der Waals surface area contributed by atoms with E-state index in [-0.39, 0.29) is 0 Å². The highest BCUT2D eigenvalue weighted by atomic mass is 16.4. The molecule has 108 valence electrons. The van der Waals surface area contributed by atoms with Gasteiger partial charge in [-0.25, -0.2) is 0 Å². The van der Waals surface area contributed by atoms with E-state index in [1.165, 1.54) is 25.7 Å². The van der Waals surface area contributed by atoms with Gasteiger partial charge in [0, 0.05) is 6.20 Å². The fraction of sp³-hybridized carbons (Fsp3) is 0.375. The van der Waals surface area contributed by atoms with Crippen molar-refractivity contribution in [3.05, 3.63) is 42.2 Å². The minimum absolute atomic E-state index is 0.548. The van der Waals surface area contributed by atoms with Gasteiger partial charge in [-0.05, 0) is 31.0 Å². The lowest BCUT2D eigenvalue weighted by Gasteiger charge is -2.08. The SMILES string of the molecule is c1ccc2oc(NCc3ccn(C4CCCC4)n3)nc2c1. The van der Waals surface area contributed by atoms with Gasteiger partial charge in [-0.2, -0.15) is 10.1 Å². The smallest absolute Gasteiger partial charge is 0.296 e. The number of para-hydroxylation sites is 2. The number of fused-ring (bicyclic) bond motifs is 1. The lowest BCUT2D eigenvalue weighted by atomic mass is 10.3. The molecule has 2 aromatic heterocycles. The molecule has 0 unspecified atom stereocenters. The van der Waals surface area contributed by atoms with E-state index in [1.54, 1.807) is 0 Å². The predicted octanol–water partition coefficient (Wildman–Crippen LogP) is 3.75. The minimum atomic E-state index is 0.548. The van der Waals surface area contributed by atoms with Gasteiger partial charge >= 0.3 is 0 Å². The highest BCUT2D eigenvalue weighted by Crippen LogP contribution is 2.28. The highest BCUT2D eigenvalue weighted by molar-refractivity contribution is 5.74. The van der Waals surface area contributed by atoms with Gasteiger partial charge in [0.25, 0.3) is 6.01 Å². The molecule has 2 heterocycles. The molecule has 1 aromatic carbocycles. The maximum absolute atomic E-state index is 5.64. The monoisotopic (exact) mass is 282 g/mol. The lowest BCUT2D eigenvalue weighted by Crippen LogP contribution is -2.07. The van der Waals surface area contributed by atoms with Crippen molar-refractivity contribution in [1.82, 2.24) is 14.8 Å². The standard InChI is InChI=1S/C16H18N4O/c1-2-6-13(5-1)20-10-9-12(19-20)11-17-16-18-14-7-3-4-8-15(14)21-16/h3-4,7-10,13H,1-2,5-6,11H2,(H,17,18). The number of nitrogens with zero attached hydrogens (tertiary/aromatic N) is 3. The maximum atomic E-state index is 5.64. The van der Waals surface area contributed by atoms with Crippen LogP contribution in [0.5, 0.6) is 0 Å². The molecule has 21 heavy (non-hydrogen) atoms. The third kappa shape index (κ3) is 2.51. The first-order valence-electron chi connectivity index (χ1n) is 7.52. The molecule has 1 fully saturated rings. The van der Waals surface area contributed by atoms with Gasteiger partial charge in [-0.15, -0.1) is 0 Å². The molecular formula is C16H18N4O. The van der Waals surface area contributed by atoms with Gasteiger partial charge in [0.2, 0.25) is 0 Å². The van der Waals surface area contributed by atoms with Crippen LogP contribution in [0.15, 0.2) is 40.9 Å². The van der Waals surface area contributed by atoms with Crippen molar-refractivity contribution < 1.29 is 4.42 Å². The molecule has 5 nitrogen and oxygen atoms in total. The summed E-state index contributed by atoms with van der Waals surface area (Å²) < 4.78 is 7.75. The summed E-state index contributed by atoms with van der Waals surface area (Å²) in [4.78, 5) is 4.40. The number of aromatic nitrogens is 3. The number of anilines is 1. The van der Waals surface area contributed by atoms with Crippen molar-refractivity contribution in [1.29, 1.82) is 0 Å². The van der Waals surface area contributed by atoms with Crippen LogP contribution in [-0.4, -0.2) is 14.8 Å². The van der Waals surface area contributed by atoms with Crippen molar-refractivity contribution in [2.75, 3.05) is 5.32 Å². The topological polar surface area (TPSA) is 55.9 Å². The molecule has 0 bridgehead atoms. The molecule has 0 amide bonds. The van der Waals surface area contributed by atoms with E-state index in [1.807, 2.05) is 24.3 Å². The number of rotatable bonds is 4. The van der Waals surface area contributed by atoms with Gasteiger partial charge in [-0.1, -0.05) is 25.0 Å². The molecule has 0 saturated heterocycles. The summed E-state index contributed by atoms with van der Waals surface area (Å²) in [7, 11) is 0. The van der Waals surface area contributed by atoms with Crippen LogP contribution in [0.1, 0.15) is 37.4 Å². The fourth-order valence-corrected chi connectivity index (χ4v) is 2.96. The van der Waals surface area contributed by atoms with Crippen LogP contribution in [-0.2, 0) is 6.54 Å². The second-order valence-corrected chi connectivity index (χ2v) is 5.57. The van der Waals surface area contributed by atoms with Crippen molar-refractivity contribution in [2.24, 2.45) is 0 Å². The van der Waals surface area contributed by atoms with Crippen molar-refractivity contribution in [3.8, 4) is 0 Å². The van der Waals surface area contributed by atoms with E-state index in [2.05, 4.69) is 32.3 Å². The van der Waals surface area contributed by atoms with Crippen LogP contribution in [0.4, 0.5) is 6.01 Å².